The largest absolute Gasteiger partial charge is 0.462 e. The van der Waals surface area contributed by atoms with Crippen molar-refractivity contribution in [1.29, 1.82) is 0 Å². The van der Waals surface area contributed by atoms with Gasteiger partial charge in [0.05, 0.1) is 5.69 Å². The van der Waals surface area contributed by atoms with E-state index in [-0.39, 0.29) is 11.3 Å². The lowest BCUT2D eigenvalue weighted by molar-refractivity contribution is -0.138. The summed E-state index contributed by atoms with van der Waals surface area (Å²) in [4.78, 5) is 24.3. The van der Waals surface area contributed by atoms with Crippen molar-refractivity contribution in [3.63, 3.8) is 0 Å². The van der Waals surface area contributed by atoms with Crippen LogP contribution in [0.15, 0.2) is 18.7 Å². The molecule has 1 amide bonds. The molecule has 0 aliphatic rings. The normalized spacial score (nSPS) is 9.89. The van der Waals surface area contributed by atoms with E-state index in [1.54, 1.807) is 12.1 Å². The number of rotatable bonds is 3. The number of nitrogens with zero attached hydrogens (tertiary/aromatic N) is 1. The van der Waals surface area contributed by atoms with Crippen molar-refractivity contribution in [2.45, 2.75) is 33.3 Å². The second-order valence-corrected chi connectivity index (χ2v) is 4.85. The maximum atomic E-state index is 10.7. The first-order valence-electron chi connectivity index (χ1n) is 5.72. The van der Waals surface area contributed by atoms with Crippen LogP contribution in [0.25, 0.3) is 6.08 Å². The molecule has 0 fully saturated rings. The molecule has 0 unspecified atom stereocenters. The average molecular weight is 264 g/mol. The van der Waals surface area contributed by atoms with Gasteiger partial charge in [0.2, 0.25) is 0 Å². The molecule has 1 aromatic rings. The monoisotopic (exact) mass is 264 g/mol. The Morgan fingerprint density at radius 3 is 2.32 bits per heavy atom. The SMILES string of the molecule is C=Cc1cc(C)cc(C(N)=O)n1.CC(C)(C)OC=O. The summed E-state index contributed by atoms with van der Waals surface area (Å²) in [7, 11) is 0. The fourth-order valence-electron chi connectivity index (χ4n) is 1.07. The lowest BCUT2D eigenvalue weighted by atomic mass is 10.2. The number of aromatic nitrogens is 1. The molecule has 1 heterocycles. The molecular weight excluding hydrogens is 244 g/mol. The minimum absolute atomic E-state index is 0.282. The Morgan fingerprint density at radius 1 is 1.42 bits per heavy atom. The number of amides is 1. The Bertz CT molecular complexity index is 462. The summed E-state index contributed by atoms with van der Waals surface area (Å²) >= 11 is 0. The molecule has 0 aromatic carbocycles. The highest BCUT2D eigenvalue weighted by Crippen LogP contribution is 2.05. The number of nitrogens with two attached hydrogens (primary N) is 1. The second kappa shape index (κ2) is 7.31. The Hall–Kier alpha value is -2.17. The zero-order chi connectivity index (χ0) is 15.1. The number of carbonyl (C=O) groups excluding carboxylic acids is 2. The number of primary amides is 1. The van der Waals surface area contributed by atoms with Gasteiger partial charge in [-0.1, -0.05) is 6.58 Å². The molecule has 0 saturated heterocycles. The van der Waals surface area contributed by atoms with Gasteiger partial charge in [0.25, 0.3) is 12.4 Å². The van der Waals surface area contributed by atoms with Crippen LogP contribution >= 0.6 is 0 Å². The molecule has 0 radical (unpaired) electrons. The van der Waals surface area contributed by atoms with Crippen molar-refractivity contribution >= 4 is 18.5 Å². The summed E-state index contributed by atoms with van der Waals surface area (Å²) in [5, 5.41) is 0. The third-order valence-electron chi connectivity index (χ3n) is 1.85. The summed E-state index contributed by atoms with van der Waals surface area (Å²) in [5.41, 5.74) is 6.66. The van der Waals surface area contributed by atoms with Gasteiger partial charge in [-0.25, -0.2) is 4.98 Å². The van der Waals surface area contributed by atoms with Crippen LogP contribution in [0, 0.1) is 6.92 Å². The van der Waals surface area contributed by atoms with E-state index in [0.29, 0.717) is 12.2 Å². The van der Waals surface area contributed by atoms with Crippen LogP contribution < -0.4 is 5.73 Å². The number of ether oxygens (including phenoxy) is 1. The minimum atomic E-state index is -0.512. The summed E-state index contributed by atoms with van der Waals surface area (Å²) in [6.45, 7) is 11.4. The van der Waals surface area contributed by atoms with Crippen molar-refractivity contribution in [3.05, 3.63) is 35.7 Å². The van der Waals surface area contributed by atoms with Crippen LogP contribution in [-0.4, -0.2) is 23.0 Å². The lowest BCUT2D eigenvalue weighted by Gasteiger charge is -2.14. The number of hydrogen-bond donors (Lipinski definition) is 1. The number of hydrogen-bond acceptors (Lipinski definition) is 4. The third-order valence-corrected chi connectivity index (χ3v) is 1.85. The highest BCUT2D eigenvalue weighted by molar-refractivity contribution is 5.91. The van der Waals surface area contributed by atoms with E-state index in [1.165, 1.54) is 0 Å². The van der Waals surface area contributed by atoms with Crippen LogP contribution in [0.5, 0.6) is 0 Å². The van der Waals surface area contributed by atoms with Gasteiger partial charge in [0.15, 0.2) is 0 Å². The first-order chi connectivity index (χ1) is 8.69. The molecule has 5 nitrogen and oxygen atoms in total. The van der Waals surface area contributed by atoms with Crippen molar-refractivity contribution in [3.8, 4) is 0 Å². The fraction of sp³-hybridized carbons (Fsp3) is 0.357. The molecule has 5 heteroatoms. The molecule has 2 N–H and O–H groups in total. The molecule has 0 atom stereocenters. The van der Waals surface area contributed by atoms with Crippen molar-refractivity contribution in [2.75, 3.05) is 0 Å². The van der Waals surface area contributed by atoms with Crippen molar-refractivity contribution < 1.29 is 14.3 Å². The highest BCUT2D eigenvalue weighted by Gasteiger charge is 2.07. The quantitative estimate of drug-likeness (QED) is 0.847. The van der Waals surface area contributed by atoms with E-state index in [2.05, 4.69) is 16.3 Å². The fourth-order valence-corrected chi connectivity index (χ4v) is 1.07. The molecule has 0 aliphatic heterocycles. The summed E-state index contributed by atoms with van der Waals surface area (Å²) in [6, 6.07) is 3.48. The predicted octanol–water partition coefficient (Wildman–Crippen LogP) is 2.09. The minimum Gasteiger partial charge on any atom is -0.462 e. The molecule has 0 bridgehead atoms. The highest BCUT2D eigenvalue weighted by atomic mass is 16.5. The number of aryl methyl sites for hydroxylation is 1. The standard InChI is InChI=1S/C9H10N2O.C5H10O2/c1-3-7-4-6(2)5-8(11-7)9(10)12;1-5(2,3)7-4-6/h3-5H,1H2,2H3,(H2,10,12);4H,1-3H3. The van der Waals surface area contributed by atoms with Crippen LogP contribution in [0.1, 0.15) is 42.5 Å². The molecule has 1 aromatic heterocycles. The van der Waals surface area contributed by atoms with Gasteiger partial charge in [0.1, 0.15) is 11.3 Å². The lowest BCUT2D eigenvalue weighted by Crippen LogP contribution is -2.17. The van der Waals surface area contributed by atoms with E-state index in [4.69, 9.17) is 5.73 Å². The van der Waals surface area contributed by atoms with Gasteiger partial charge in [-0.2, -0.15) is 0 Å². The van der Waals surface area contributed by atoms with Gasteiger partial charge in [-0.15, -0.1) is 0 Å². The number of pyridine rings is 1. The molecule has 1 rings (SSSR count). The van der Waals surface area contributed by atoms with Gasteiger partial charge in [0, 0.05) is 0 Å². The average Bonchev–Trinajstić information content (AvgIpc) is 2.27. The van der Waals surface area contributed by atoms with Gasteiger partial charge >= 0.3 is 0 Å². The number of carbonyl (C=O) groups is 2. The maximum absolute atomic E-state index is 10.7. The predicted molar refractivity (Wildman–Crippen MR) is 74.5 cm³/mol. The zero-order valence-electron chi connectivity index (χ0n) is 11.8. The maximum Gasteiger partial charge on any atom is 0.293 e. The van der Waals surface area contributed by atoms with E-state index in [0.717, 1.165) is 5.56 Å². The van der Waals surface area contributed by atoms with E-state index in [9.17, 15) is 9.59 Å². The third kappa shape index (κ3) is 7.70. The molecule has 0 aliphatic carbocycles. The van der Waals surface area contributed by atoms with Crippen LogP contribution in [0.2, 0.25) is 0 Å². The molecule has 0 saturated carbocycles. The van der Waals surface area contributed by atoms with Gasteiger partial charge in [-0.05, 0) is 51.5 Å². The first-order valence-corrected chi connectivity index (χ1v) is 5.72. The Morgan fingerprint density at radius 2 is 2.00 bits per heavy atom. The topological polar surface area (TPSA) is 82.3 Å². The smallest absolute Gasteiger partial charge is 0.293 e. The Kier molecular flexibility index (Phi) is 6.47. The first kappa shape index (κ1) is 16.8. The van der Waals surface area contributed by atoms with Gasteiger partial charge < -0.3 is 10.5 Å². The second-order valence-electron chi connectivity index (χ2n) is 4.85. The molecular formula is C14H20N2O3. The zero-order valence-corrected chi connectivity index (χ0v) is 11.8. The Balaban J connectivity index is 0.000000399. The molecule has 104 valence electrons. The Labute approximate surface area is 113 Å². The van der Waals surface area contributed by atoms with Crippen LogP contribution in [0.3, 0.4) is 0 Å². The summed E-state index contributed by atoms with van der Waals surface area (Å²) in [6.07, 6.45) is 1.58. The van der Waals surface area contributed by atoms with Crippen molar-refractivity contribution in [2.24, 2.45) is 5.73 Å². The molecule has 0 spiro atoms. The molecule has 19 heavy (non-hydrogen) atoms. The van der Waals surface area contributed by atoms with Gasteiger partial charge in [-0.3, -0.25) is 9.59 Å². The van der Waals surface area contributed by atoms with Crippen LogP contribution in [0.4, 0.5) is 0 Å². The van der Waals surface area contributed by atoms with E-state index in [1.807, 2.05) is 33.8 Å². The summed E-state index contributed by atoms with van der Waals surface area (Å²) in [5.74, 6) is -0.512. The summed E-state index contributed by atoms with van der Waals surface area (Å²) < 4.78 is 4.55. The van der Waals surface area contributed by atoms with Crippen molar-refractivity contribution in [1.82, 2.24) is 4.98 Å². The van der Waals surface area contributed by atoms with E-state index < -0.39 is 5.91 Å². The van der Waals surface area contributed by atoms with E-state index >= 15 is 0 Å². The van der Waals surface area contributed by atoms with Crippen LogP contribution in [-0.2, 0) is 9.53 Å².